The van der Waals surface area contributed by atoms with Gasteiger partial charge in [0.25, 0.3) is 0 Å². The van der Waals surface area contributed by atoms with Gasteiger partial charge in [0, 0.05) is 52.3 Å². The van der Waals surface area contributed by atoms with Crippen LogP contribution in [0.1, 0.15) is 17.8 Å². The van der Waals surface area contributed by atoms with E-state index >= 15 is 0 Å². The molecule has 0 radical (unpaired) electrons. The molecule has 0 aliphatic carbocycles. The first-order chi connectivity index (χ1) is 15.9. The van der Waals surface area contributed by atoms with Gasteiger partial charge in [-0.05, 0) is 24.3 Å². The molecule has 2 heterocycles. The minimum Gasteiger partial charge on any atom is -0.468 e. The number of pyridine rings is 1. The van der Waals surface area contributed by atoms with Crippen LogP contribution in [0.3, 0.4) is 0 Å². The third kappa shape index (κ3) is 6.03. The zero-order valence-corrected chi connectivity index (χ0v) is 19.6. The van der Waals surface area contributed by atoms with E-state index in [1.807, 2.05) is 0 Å². The monoisotopic (exact) mass is 499 g/mol. The highest BCUT2D eigenvalue weighted by Crippen LogP contribution is 2.22. The fourth-order valence-electron chi connectivity index (χ4n) is 3.17. The van der Waals surface area contributed by atoms with Crippen molar-refractivity contribution in [1.29, 1.82) is 0 Å². The molecule has 3 aromatic rings. The van der Waals surface area contributed by atoms with Crippen molar-refractivity contribution in [2.24, 2.45) is 7.05 Å². The first kappa shape index (κ1) is 25.4. The molecule has 184 valence electrons. The van der Waals surface area contributed by atoms with Crippen molar-refractivity contribution in [3.05, 3.63) is 47.9 Å². The number of halogens is 3. The first-order valence-electron chi connectivity index (χ1n) is 10.2. The molecule has 34 heavy (non-hydrogen) atoms. The van der Waals surface area contributed by atoms with Crippen LogP contribution < -0.4 is 10.1 Å². The summed E-state index contributed by atoms with van der Waals surface area (Å²) in [6, 6.07) is 7.70. The SMILES string of the molecule is CN(C)S(=O)(=O)c1ccc2c(c1)nc(CCC(=O)NCc1cccnc1OCC(F)(F)F)n2C. The quantitative estimate of drug-likeness (QED) is 0.485. The van der Waals surface area contributed by atoms with Gasteiger partial charge in [-0.25, -0.2) is 22.7 Å². The lowest BCUT2D eigenvalue weighted by Gasteiger charge is -2.12. The van der Waals surface area contributed by atoms with Crippen molar-refractivity contribution in [1.82, 2.24) is 24.2 Å². The normalized spacial score (nSPS) is 12.3. The summed E-state index contributed by atoms with van der Waals surface area (Å²) < 4.78 is 69.6. The van der Waals surface area contributed by atoms with E-state index in [2.05, 4.69) is 15.3 Å². The van der Waals surface area contributed by atoms with Crippen LogP contribution in [0.4, 0.5) is 13.2 Å². The average molecular weight is 500 g/mol. The summed E-state index contributed by atoms with van der Waals surface area (Å²) in [6.07, 6.45) is -2.85. The summed E-state index contributed by atoms with van der Waals surface area (Å²) in [5.41, 5.74) is 1.52. The standard InChI is InChI=1S/C21H24F3N5O4S/c1-28(2)34(31,32)15-6-7-17-16(11-15)27-18(29(17)3)8-9-19(30)26-12-14-5-4-10-25-20(14)33-13-21(22,23)24/h4-7,10-11H,8-9,12-13H2,1-3H3,(H,26,30). The Labute approximate surface area is 194 Å². The number of amides is 1. The average Bonchev–Trinajstić information content (AvgIpc) is 3.09. The molecule has 0 fully saturated rings. The maximum Gasteiger partial charge on any atom is 0.422 e. The van der Waals surface area contributed by atoms with Crippen LogP contribution >= 0.6 is 0 Å². The van der Waals surface area contributed by atoms with Crippen molar-refractivity contribution in [3.63, 3.8) is 0 Å². The smallest absolute Gasteiger partial charge is 0.422 e. The number of alkyl halides is 3. The van der Waals surface area contributed by atoms with Gasteiger partial charge in [0.1, 0.15) is 5.82 Å². The van der Waals surface area contributed by atoms with E-state index in [0.29, 0.717) is 16.9 Å². The number of nitrogens with zero attached hydrogens (tertiary/aromatic N) is 4. The number of ether oxygens (including phenoxy) is 1. The Bertz CT molecular complexity index is 1290. The van der Waals surface area contributed by atoms with E-state index in [1.165, 1.54) is 44.6 Å². The molecule has 1 N–H and O–H groups in total. The van der Waals surface area contributed by atoms with Gasteiger partial charge in [-0.3, -0.25) is 4.79 Å². The number of nitrogens with one attached hydrogen (secondary N) is 1. The van der Waals surface area contributed by atoms with Crippen LogP contribution in [-0.4, -0.2) is 60.0 Å². The molecule has 0 saturated heterocycles. The number of carbonyl (C=O) groups excluding carboxylic acids is 1. The van der Waals surface area contributed by atoms with E-state index in [4.69, 9.17) is 4.74 Å². The van der Waals surface area contributed by atoms with Gasteiger partial charge >= 0.3 is 6.18 Å². The molecule has 0 saturated carbocycles. The van der Waals surface area contributed by atoms with E-state index in [9.17, 15) is 26.4 Å². The molecule has 3 rings (SSSR count). The molecule has 0 bridgehead atoms. The van der Waals surface area contributed by atoms with Crippen molar-refractivity contribution in [2.75, 3.05) is 20.7 Å². The van der Waals surface area contributed by atoms with Crippen molar-refractivity contribution < 1.29 is 31.1 Å². The summed E-state index contributed by atoms with van der Waals surface area (Å²) in [6.45, 7) is -1.52. The molecular weight excluding hydrogens is 475 g/mol. The fraction of sp³-hybridized carbons (Fsp3) is 0.381. The Balaban J connectivity index is 1.63. The number of sulfonamides is 1. The Morgan fingerprint density at radius 2 is 1.97 bits per heavy atom. The third-order valence-electron chi connectivity index (χ3n) is 5.00. The third-order valence-corrected chi connectivity index (χ3v) is 6.81. The zero-order chi connectivity index (χ0) is 25.1. The van der Waals surface area contributed by atoms with Crippen LogP contribution in [-0.2, 0) is 34.8 Å². The van der Waals surface area contributed by atoms with E-state index in [0.717, 1.165) is 9.82 Å². The Morgan fingerprint density at radius 1 is 1.24 bits per heavy atom. The van der Waals surface area contributed by atoms with Crippen LogP contribution in [0, 0.1) is 0 Å². The Hall–Kier alpha value is -3.19. The molecule has 0 atom stereocenters. The number of fused-ring (bicyclic) bond motifs is 1. The lowest BCUT2D eigenvalue weighted by atomic mass is 10.2. The predicted octanol–water partition coefficient (Wildman–Crippen LogP) is 2.41. The van der Waals surface area contributed by atoms with Gasteiger partial charge in [0.2, 0.25) is 21.8 Å². The number of carbonyl (C=O) groups is 1. The second-order valence-corrected chi connectivity index (χ2v) is 9.83. The maximum atomic E-state index is 12.4. The molecule has 13 heteroatoms. The molecular formula is C21H24F3N5O4S. The highest BCUT2D eigenvalue weighted by atomic mass is 32.2. The summed E-state index contributed by atoms with van der Waals surface area (Å²) in [7, 11) is 1.05. The molecule has 0 unspecified atom stereocenters. The number of hydrogen-bond donors (Lipinski definition) is 1. The summed E-state index contributed by atoms with van der Waals surface area (Å²) in [5.74, 6) is 0.0487. The molecule has 1 amide bonds. The molecule has 2 aromatic heterocycles. The highest BCUT2D eigenvalue weighted by molar-refractivity contribution is 7.89. The van der Waals surface area contributed by atoms with Crippen LogP contribution in [0.15, 0.2) is 41.4 Å². The number of imidazole rings is 1. The number of aromatic nitrogens is 3. The van der Waals surface area contributed by atoms with Crippen LogP contribution in [0.5, 0.6) is 5.88 Å². The van der Waals surface area contributed by atoms with E-state index in [1.54, 1.807) is 17.7 Å². The minimum atomic E-state index is -4.50. The summed E-state index contributed by atoms with van der Waals surface area (Å²) in [4.78, 5) is 20.7. The topological polar surface area (TPSA) is 106 Å². The lowest BCUT2D eigenvalue weighted by Crippen LogP contribution is -2.25. The van der Waals surface area contributed by atoms with Gasteiger partial charge in [0.05, 0.1) is 15.9 Å². The Kier molecular flexibility index (Phi) is 7.46. The maximum absolute atomic E-state index is 12.4. The number of hydrogen-bond acceptors (Lipinski definition) is 6. The summed E-state index contributed by atoms with van der Waals surface area (Å²) >= 11 is 0. The van der Waals surface area contributed by atoms with Crippen molar-refractivity contribution in [3.8, 4) is 5.88 Å². The molecule has 0 aliphatic heterocycles. The molecule has 0 aliphatic rings. The molecule has 1 aromatic carbocycles. The van der Waals surface area contributed by atoms with Gasteiger partial charge in [-0.2, -0.15) is 13.2 Å². The van der Waals surface area contributed by atoms with E-state index < -0.39 is 22.8 Å². The van der Waals surface area contributed by atoms with Crippen LogP contribution in [0.25, 0.3) is 11.0 Å². The highest BCUT2D eigenvalue weighted by Gasteiger charge is 2.29. The van der Waals surface area contributed by atoms with Crippen LogP contribution in [0.2, 0.25) is 0 Å². The lowest BCUT2D eigenvalue weighted by molar-refractivity contribution is -0.154. The van der Waals surface area contributed by atoms with Crippen molar-refractivity contribution >= 4 is 27.0 Å². The molecule has 9 nitrogen and oxygen atoms in total. The number of aryl methyl sites for hydroxylation is 2. The zero-order valence-electron chi connectivity index (χ0n) is 18.8. The molecule has 0 spiro atoms. The summed E-state index contributed by atoms with van der Waals surface area (Å²) in [5, 5.41) is 2.64. The van der Waals surface area contributed by atoms with E-state index in [-0.39, 0.29) is 36.1 Å². The van der Waals surface area contributed by atoms with Gasteiger partial charge in [0.15, 0.2) is 6.61 Å². The minimum absolute atomic E-state index is 0.0475. The Morgan fingerprint density at radius 3 is 2.65 bits per heavy atom. The largest absolute Gasteiger partial charge is 0.468 e. The second-order valence-electron chi connectivity index (χ2n) is 7.67. The predicted molar refractivity (Wildman–Crippen MR) is 118 cm³/mol. The van der Waals surface area contributed by atoms with Gasteiger partial charge in [-0.1, -0.05) is 6.07 Å². The number of rotatable bonds is 9. The number of benzene rings is 1. The first-order valence-corrected chi connectivity index (χ1v) is 11.6. The van der Waals surface area contributed by atoms with Gasteiger partial charge < -0.3 is 14.6 Å². The van der Waals surface area contributed by atoms with Crippen molar-refractivity contribution in [2.45, 2.75) is 30.5 Å². The van der Waals surface area contributed by atoms with Gasteiger partial charge in [-0.15, -0.1) is 0 Å². The fourth-order valence-corrected chi connectivity index (χ4v) is 4.09. The second kappa shape index (κ2) is 9.97.